The smallest absolute Gasteiger partial charge is 0.192 e. The van der Waals surface area contributed by atoms with Gasteiger partial charge in [0.15, 0.2) is 11.1 Å². The zero-order valence-electron chi connectivity index (χ0n) is 12.7. The molecule has 2 aromatic rings. The molecule has 0 fully saturated rings. The summed E-state index contributed by atoms with van der Waals surface area (Å²) < 4.78 is 0. The van der Waals surface area contributed by atoms with Crippen molar-refractivity contribution in [1.29, 1.82) is 5.41 Å². The zero-order valence-corrected chi connectivity index (χ0v) is 13.5. The van der Waals surface area contributed by atoms with E-state index in [2.05, 4.69) is 34.0 Å². The Balaban J connectivity index is 2.17. The van der Waals surface area contributed by atoms with Crippen LogP contribution in [0.15, 0.2) is 34.6 Å². The number of hydrogen-bond donors (Lipinski definition) is 3. The van der Waals surface area contributed by atoms with Crippen LogP contribution in [-0.4, -0.2) is 35.3 Å². The first-order valence-electron chi connectivity index (χ1n) is 7.07. The molecule has 0 radical (unpaired) electrons. The van der Waals surface area contributed by atoms with Gasteiger partial charge in [-0.1, -0.05) is 12.1 Å². The van der Waals surface area contributed by atoms with E-state index in [1.165, 1.54) is 11.3 Å². The van der Waals surface area contributed by atoms with Crippen molar-refractivity contribution in [2.45, 2.75) is 13.8 Å². The molecule has 6 nitrogen and oxygen atoms in total. The predicted octanol–water partition coefficient (Wildman–Crippen LogP) is 3.12. The fourth-order valence-corrected chi connectivity index (χ4v) is 2.59. The number of benzene rings is 1. The summed E-state index contributed by atoms with van der Waals surface area (Å²) in [4.78, 5) is 11.0. The highest BCUT2D eigenvalue weighted by Crippen LogP contribution is 2.27. The molecule has 0 saturated carbocycles. The fourth-order valence-electron chi connectivity index (χ4n) is 1.86. The second-order valence-electron chi connectivity index (χ2n) is 4.59. The van der Waals surface area contributed by atoms with Gasteiger partial charge in [-0.05, 0) is 26.0 Å². The minimum absolute atomic E-state index is 0.113. The third kappa shape index (κ3) is 4.29. The first kappa shape index (κ1) is 16.0. The van der Waals surface area contributed by atoms with Crippen LogP contribution in [-0.2, 0) is 0 Å². The maximum Gasteiger partial charge on any atom is 0.192 e. The van der Waals surface area contributed by atoms with E-state index >= 15 is 0 Å². The standard InChI is InChI=1S/C15H20N6S/c1-3-21(4-2)10-18-12-7-5-6-11(8-12)13-9-22-15(19-13)20-14(16)17/h5-10H,3-4H2,1-2H3,(H4,16,17,19,20)/b18-10+. The lowest BCUT2D eigenvalue weighted by atomic mass is 10.1. The van der Waals surface area contributed by atoms with Gasteiger partial charge in [0.2, 0.25) is 0 Å². The summed E-state index contributed by atoms with van der Waals surface area (Å²) in [6.45, 7) is 6.08. The molecule has 0 unspecified atom stereocenters. The summed E-state index contributed by atoms with van der Waals surface area (Å²) in [6.07, 6.45) is 1.86. The Kier molecular flexibility index (Phi) is 5.48. The molecule has 1 aromatic carbocycles. The van der Waals surface area contributed by atoms with Crippen molar-refractivity contribution < 1.29 is 0 Å². The number of aromatic nitrogens is 1. The molecule has 0 saturated heterocycles. The highest BCUT2D eigenvalue weighted by Gasteiger charge is 2.05. The summed E-state index contributed by atoms with van der Waals surface area (Å²) >= 11 is 1.41. The van der Waals surface area contributed by atoms with E-state index < -0.39 is 0 Å². The van der Waals surface area contributed by atoms with Gasteiger partial charge in [0.25, 0.3) is 0 Å². The first-order valence-corrected chi connectivity index (χ1v) is 7.95. The van der Waals surface area contributed by atoms with Crippen molar-refractivity contribution in [2.75, 3.05) is 18.4 Å². The van der Waals surface area contributed by atoms with Crippen LogP contribution < -0.4 is 11.1 Å². The normalized spacial score (nSPS) is 10.8. The van der Waals surface area contributed by atoms with E-state index in [1.807, 2.05) is 36.0 Å². The minimum Gasteiger partial charge on any atom is -0.370 e. The highest BCUT2D eigenvalue weighted by atomic mass is 32.1. The largest absolute Gasteiger partial charge is 0.370 e. The van der Waals surface area contributed by atoms with E-state index in [4.69, 9.17) is 11.1 Å². The molecule has 0 aliphatic carbocycles. The number of nitrogens with zero attached hydrogens (tertiary/aromatic N) is 3. The van der Waals surface area contributed by atoms with Gasteiger partial charge in [-0.15, -0.1) is 11.3 Å². The van der Waals surface area contributed by atoms with Gasteiger partial charge in [-0.3, -0.25) is 5.41 Å². The Labute approximate surface area is 134 Å². The lowest BCUT2D eigenvalue weighted by Crippen LogP contribution is -2.20. The van der Waals surface area contributed by atoms with E-state index in [-0.39, 0.29) is 5.96 Å². The summed E-state index contributed by atoms with van der Waals surface area (Å²) in [7, 11) is 0. The van der Waals surface area contributed by atoms with Gasteiger partial charge in [0, 0.05) is 24.0 Å². The van der Waals surface area contributed by atoms with Crippen LogP contribution >= 0.6 is 11.3 Å². The Morgan fingerprint density at radius 3 is 2.91 bits per heavy atom. The molecule has 0 aliphatic rings. The van der Waals surface area contributed by atoms with Gasteiger partial charge in [0.1, 0.15) is 0 Å². The monoisotopic (exact) mass is 316 g/mol. The SMILES string of the molecule is CCN(/C=N/c1cccc(-c2csc(NC(=N)N)n2)c1)CC. The number of thiazole rings is 1. The first-order chi connectivity index (χ1) is 10.6. The van der Waals surface area contributed by atoms with Gasteiger partial charge < -0.3 is 16.0 Å². The number of guanidine groups is 1. The Morgan fingerprint density at radius 1 is 1.45 bits per heavy atom. The zero-order chi connectivity index (χ0) is 15.9. The Hall–Kier alpha value is -2.41. The molecular formula is C15H20N6S. The molecule has 0 spiro atoms. The molecule has 0 bridgehead atoms. The van der Waals surface area contributed by atoms with Crippen LogP contribution in [0.4, 0.5) is 10.8 Å². The third-order valence-electron chi connectivity index (χ3n) is 3.07. The van der Waals surface area contributed by atoms with Crippen LogP contribution in [0.25, 0.3) is 11.3 Å². The number of hydrogen-bond acceptors (Lipinski definition) is 4. The average Bonchev–Trinajstić information content (AvgIpc) is 2.96. The number of nitrogens with two attached hydrogens (primary N) is 1. The van der Waals surface area contributed by atoms with Gasteiger partial charge in [0.05, 0.1) is 17.7 Å². The minimum atomic E-state index is -0.113. The summed E-state index contributed by atoms with van der Waals surface area (Å²) in [5, 5.41) is 12.5. The molecular weight excluding hydrogens is 296 g/mol. The Morgan fingerprint density at radius 2 is 2.23 bits per heavy atom. The van der Waals surface area contributed by atoms with Crippen molar-refractivity contribution in [2.24, 2.45) is 10.7 Å². The van der Waals surface area contributed by atoms with Crippen LogP contribution in [0, 0.1) is 5.41 Å². The van der Waals surface area contributed by atoms with Crippen molar-refractivity contribution in [3.63, 3.8) is 0 Å². The lowest BCUT2D eigenvalue weighted by molar-refractivity contribution is 0.480. The molecule has 22 heavy (non-hydrogen) atoms. The average molecular weight is 316 g/mol. The van der Waals surface area contributed by atoms with E-state index in [9.17, 15) is 0 Å². The summed E-state index contributed by atoms with van der Waals surface area (Å²) in [5.41, 5.74) is 8.02. The van der Waals surface area contributed by atoms with Crippen molar-refractivity contribution in [1.82, 2.24) is 9.88 Å². The predicted molar refractivity (Wildman–Crippen MR) is 94.2 cm³/mol. The fraction of sp³-hybridized carbons (Fsp3) is 0.267. The Bertz CT molecular complexity index is 660. The second-order valence-corrected chi connectivity index (χ2v) is 5.45. The highest BCUT2D eigenvalue weighted by molar-refractivity contribution is 7.14. The van der Waals surface area contributed by atoms with Gasteiger partial charge >= 0.3 is 0 Å². The van der Waals surface area contributed by atoms with Crippen LogP contribution in [0.3, 0.4) is 0 Å². The molecule has 0 aliphatic heterocycles. The van der Waals surface area contributed by atoms with E-state index in [1.54, 1.807) is 0 Å². The lowest BCUT2D eigenvalue weighted by Gasteiger charge is -2.13. The second kappa shape index (κ2) is 7.56. The molecule has 1 heterocycles. The maximum absolute atomic E-state index is 7.22. The summed E-state index contributed by atoms with van der Waals surface area (Å²) in [6, 6.07) is 7.90. The van der Waals surface area contributed by atoms with Gasteiger partial charge in [-0.2, -0.15) is 0 Å². The van der Waals surface area contributed by atoms with Crippen LogP contribution in [0.2, 0.25) is 0 Å². The molecule has 0 amide bonds. The molecule has 116 valence electrons. The molecule has 1 aromatic heterocycles. The van der Waals surface area contributed by atoms with E-state index in [0.717, 1.165) is 30.0 Å². The van der Waals surface area contributed by atoms with Crippen LogP contribution in [0.5, 0.6) is 0 Å². The quantitative estimate of drug-likeness (QED) is 0.564. The summed E-state index contributed by atoms with van der Waals surface area (Å²) in [5.74, 6) is -0.113. The number of anilines is 1. The van der Waals surface area contributed by atoms with Crippen molar-refractivity contribution in [3.05, 3.63) is 29.6 Å². The van der Waals surface area contributed by atoms with Crippen molar-refractivity contribution >= 4 is 34.5 Å². The topological polar surface area (TPSA) is 90.4 Å². The number of aliphatic imine (C=N–C) groups is 1. The van der Waals surface area contributed by atoms with Crippen molar-refractivity contribution in [3.8, 4) is 11.3 Å². The van der Waals surface area contributed by atoms with Gasteiger partial charge in [-0.25, -0.2) is 9.98 Å². The van der Waals surface area contributed by atoms with Crippen LogP contribution in [0.1, 0.15) is 13.8 Å². The molecule has 4 N–H and O–H groups in total. The molecule has 7 heteroatoms. The molecule has 0 atom stereocenters. The third-order valence-corrected chi connectivity index (χ3v) is 3.83. The molecule has 2 rings (SSSR count). The number of rotatable bonds is 6. The van der Waals surface area contributed by atoms with E-state index in [0.29, 0.717) is 5.13 Å². The maximum atomic E-state index is 7.22. The number of nitrogens with one attached hydrogen (secondary N) is 2.